The van der Waals surface area contributed by atoms with E-state index in [1.54, 1.807) is 18.2 Å². The summed E-state index contributed by atoms with van der Waals surface area (Å²) in [5, 5.41) is 0. The van der Waals surface area contributed by atoms with E-state index in [0.29, 0.717) is 6.54 Å². The van der Waals surface area contributed by atoms with Gasteiger partial charge in [-0.15, -0.1) is 0 Å². The third-order valence-corrected chi connectivity index (χ3v) is 1.48. The van der Waals surface area contributed by atoms with Crippen molar-refractivity contribution in [1.82, 2.24) is 0 Å². The van der Waals surface area contributed by atoms with Gasteiger partial charge in [-0.05, 0) is 12.1 Å². The summed E-state index contributed by atoms with van der Waals surface area (Å²) < 4.78 is 18.1. The normalized spacial score (nSPS) is 9.50. The van der Waals surface area contributed by atoms with Crippen molar-refractivity contribution in [3.63, 3.8) is 0 Å². The molecule has 1 rings (SSSR count). The third-order valence-electron chi connectivity index (χ3n) is 1.48. The highest BCUT2D eigenvalue weighted by molar-refractivity contribution is 5.75. The first-order chi connectivity index (χ1) is 6.70. The van der Waals surface area contributed by atoms with Crippen LogP contribution in [-0.2, 0) is 0 Å². The molecular weight excluding hydrogens is 185 g/mol. The summed E-state index contributed by atoms with van der Waals surface area (Å²) in [6.07, 6.45) is 0. The van der Waals surface area contributed by atoms with Gasteiger partial charge in [-0.2, -0.15) is 0 Å². The molecule has 0 aliphatic carbocycles. The highest BCUT2D eigenvalue weighted by atomic mass is 19.1. The van der Waals surface area contributed by atoms with Gasteiger partial charge >= 0.3 is 0 Å². The summed E-state index contributed by atoms with van der Waals surface area (Å²) in [6.45, 7) is 0.565. The summed E-state index contributed by atoms with van der Waals surface area (Å²) in [5.74, 6) is -0.183. The minimum atomic E-state index is -0.391. The number of halogens is 1. The van der Waals surface area contributed by atoms with Crippen LogP contribution in [0.2, 0.25) is 0 Å². The molecule has 0 unspecified atom stereocenters. The molecule has 0 atom stereocenters. The topological polar surface area (TPSA) is 73.6 Å². The Labute approximate surface area is 81.4 Å². The fourth-order valence-electron chi connectivity index (χ4n) is 0.892. The Morgan fingerprint density at radius 3 is 2.71 bits per heavy atom. The van der Waals surface area contributed by atoms with Crippen LogP contribution in [0.3, 0.4) is 0 Å². The first kappa shape index (κ1) is 10.3. The van der Waals surface area contributed by atoms with Crippen molar-refractivity contribution < 1.29 is 9.13 Å². The van der Waals surface area contributed by atoms with E-state index in [1.807, 2.05) is 0 Å². The number of rotatable bonds is 4. The second-order valence-corrected chi connectivity index (χ2v) is 2.59. The quantitative estimate of drug-likeness (QED) is 0.419. The maximum absolute atomic E-state index is 13.0. The monoisotopic (exact) mass is 197 g/mol. The molecule has 1 aromatic carbocycles. The van der Waals surface area contributed by atoms with Crippen molar-refractivity contribution in [2.75, 3.05) is 13.2 Å². The van der Waals surface area contributed by atoms with Gasteiger partial charge in [0.15, 0.2) is 17.5 Å². The van der Waals surface area contributed by atoms with Crippen LogP contribution in [0.4, 0.5) is 4.39 Å². The Morgan fingerprint density at radius 2 is 2.07 bits per heavy atom. The van der Waals surface area contributed by atoms with E-state index >= 15 is 0 Å². The molecule has 5 heteroatoms. The van der Waals surface area contributed by atoms with E-state index in [9.17, 15) is 4.39 Å². The average Bonchev–Trinajstić information content (AvgIpc) is 2.15. The van der Waals surface area contributed by atoms with Crippen molar-refractivity contribution in [3.05, 3.63) is 30.1 Å². The van der Waals surface area contributed by atoms with Crippen LogP contribution < -0.4 is 16.2 Å². The summed E-state index contributed by atoms with van der Waals surface area (Å²) in [4.78, 5) is 3.69. The fraction of sp³-hybridized carbons (Fsp3) is 0.222. The molecule has 4 nitrogen and oxygen atoms in total. The van der Waals surface area contributed by atoms with Crippen LogP contribution in [0.25, 0.3) is 0 Å². The van der Waals surface area contributed by atoms with Gasteiger partial charge < -0.3 is 16.2 Å². The zero-order valence-corrected chi connectivity index (χ0v) is 7.61. The molecule has 0 bridgehead atoms. The van der Waals surface area contributed by atoms with Crippen LogP contribution >= 0.6 is 0 Å². The SMILES string of the molecule is NC(N)=NCCOc1ccccc1F. The summed E-state index contributed by atoms with van der Waals surface area (Å²) in [6, 6.07) is 6.16. The minimum absolute atomic E-state index is 0.00198. The Hall–Kier alpha value is -1.78. The largest absolute Gasteiger partial charge is 0.489 e. The number of para-hydroxylation sites is 1. The van der Waals surface area contributed by atoms with Crippen LogP contribution in [0.1, 0.15) is 0 Å². The van der Waals surface area contributed by atoms with Gasteiger partial charge in [0.2, 0.25) is 0 Å². The second kappa shape index (κ2) is 5.06. The molecular formula is C9H12FN3O. The van der Waals surface area contributed by atoms with E-state index in [4.69, 9.17) is 16.2 Å². The van der Waals surface area contributed by atoms with E-state index < -0.39 is 5.82 Å². The lowest BCUT2D eigenvalue weighted by Gasteiger charge is -2.04. The van der Waals surface area contributed by atoms with Gasteiger partial charge in [-0.3, -0.25) is 4.99 Å². The number of hydrogen-bond acceptors (Lipinski definition) is 2. The van der Waals surface area contributed by atoms with Gasteiger partial charge in [-0.1, -0.05) is 12.1 Å². The number of aliphatic imine (C=N–C) groups is 1. The standard InChI is InChI=1S/C9H12FN3O/c10-7-3-1-2-4-8(7)14-6-5-13-9(11)12/h1-4H,5-6H2,(H4,11,12,13). The van der Waals surface area contributed by atoms with Crippen LogP contribution in [0, 0.1) is 5.82 Å². The minimum Gasteiger partial charge on any atom is -0.489 e. The van der Waals surface area contributed by atoms with Gasteiger partial charge in [0.05, 0.1) is 6.54 Å². The Balaban J connectivity index is 2.39. The lowest BCUT2D eigenvalue weighted by atomic mass is 10.3. The highest BCUT2D eigenvalue weighted by Crippen LogP contribution is 2.14. The molecule has 0 aromatic heterocycles. The Kier molecular flexibility index (Phi) is 3.72. The first-order valence-corrected chi connectivity index (χ1v) is 4.13. The number of hydrogen-bond donors (Lipinski definition) is 2. The van der Waals surface area contributed by atoms with Gasteiger partial charge in [-0.25, -0.2) is 4.39 Å². The molecule has 0 amide bonds. The van der Waals surface area contributed by atoms with Gasteiger partial charge in [0.25, 0.3) is 0 Å². The number of nitrogens with two attached hydrogens (primary N) is 2. The molecule has 0 fully saturated rings. The summed E-state index contributed by atoms with van der Waals surface area (Å²) in [5.41, 5.74) is 10.2. The molecule has 0 aliphatic rings. The zero-order chi connectivity index (χ0) is 10.4. The molecule has 76 valence electrons. The van der Waals surface area contributed by atoms with Crippen molar-refractivity contribution in [2.45, 2.75) is 0 Å². The van der Waals surface area contributed by atoms with Crippen molar-refractivity contribution in [1.29, 1.82) is 0 Å². The van der Waals surface area contributed by atoms with E-state index in [2.05, 4.69) is 4.99 Å². The number of guanidine groups is 1. The van der Waals surface area contributed by atoms with E-state index in [0.717, 1.165) is 0 Å². The Bertz CT molecular complexity index is 324. The number of ether oxygens (including phenoxy) is 1. The smallest absolute Gasteiger partial charge is 0.186 e. The Morgan fingerprint density at radius 1 is 1.36 bits per heavy atom. The number of benzene rings is 1. The average molecular weight is 197 g/mol. The first-order valence-electron chi connectivity index (χ1n) is 4.13. The van der Waals surface area contributed by atoms with Crippen LogP contribution in [0.5, 0.6) is 5.75 Å². The van der Waals surface area contributed by atoms with Gasteiger partial charge in [0.1, 0.15) is 6.61 Å². The van der Waals surface area contributed by atoms with Crippen molar-refractivity contribution in [3.8, 4) is 5.75 Å². The summed E-state index contributed by atoms with van der Waals surface area (Å²) in [7, 11) is 0. The number of nitrogens with zero attached hydrogens (tertiary/aromatic N) is 1. The van der Waals surface area contributed by atoms with Crippen LogP contribution in [0.15, 0.2) is 29.3 Å². The maximum Gasteiger partial charge on any atom is 0.186 e. The van der Waals surface area contributed by atoms with Crippen LogP contribution in [-0.4, -0.2) is 19.1 Å². The molecule has 0 aliphatic heterocycles. The lowest BCUT2D eigenvalue weighted by molar-refractivity contribution is 0.311. The predicted octanol–water partition coefficient (Wildman–Crippen LogP) is 0.478. The molecule has 0 saturated heterocycles. The van der Waals surface area contributed by atoms with E-state index in [-0.39, 0.29) is 18.3 Å². The fourth-order valence-corrected chi connectivity index (χ4v) is 0.892. The second-order valence-electron chi connectivity index (χ2n) is 2.59. The third kappa shape index (κ3) is 3.30. The highest BCUT2D eigenvalue weighted by Gasteiger charge is 1.99. The predicted molar refractivity (Wildman–Crippen MR) is 52.6 cm³/mol. The molecule has 1 aromatic rings. The molecule has 4 N–H and O–H groups in total. The molecule has 0 heterocycles. The maximum atomic E-state index is 13.0. The van der Waals surface area contributed by atoms with Crippen molar-refractivity contribution >= 4 is 5.96 Å². The van der Waals surface area contributed by atoms with E-state index in [1.165, 1.54) is 6.07 Å². The van der Waals surface area contributed by atoms with Gasteiger partial charge in [0, 0.05) is 0 Å². The zero-order valence-electron chi connectivity index (χ0n) is 7.61. The lowest BCUT2D eigenvalue weighted by Crippen LogP contribution is -2.23. The summed E-state index contributed by atoms with van der Waals surface area (Å²) >= 11 is 0. The molecule has 14 heavy (non-hydrogen) atoms. The molecule has 0 saturated carbocycles. The van der Waals surface area contributed by atoms with Crippen molar-refractivity contribution in [2.24, 2.45) is 16.5 Å². The molecule has 0 spiro atoms. The molecule has 0 radical (unpaired) electrons.